The van der Waals surface area contributed by atoms with Crippen LogP contribution < -0.4 is 5.32 Å². The summed E-state index contributed by atoms with van der Waals surface area (Å²) in [6, 6.07) is 3.80. The third kappa shape index (κ3) is 3.16. The van der Waals surface area contributed by atoms with Crippen molar-refractivity contribution in [2.24, 2.45) is 0 Å². The Bertz CT molecular complexity index is 581. The Morgan fingerprint density at radius 3 is 2.81 bits per heavy atom. The molecule has 1 fully saturated rings. The normalized spacial score (nSPS) is 22.0. The van der Waals surface area contributed by atoms with Crippen LogP contribution in [0.5, 0.6) is 0 Å². The van der Waals surface area contributed by atoms with Gasteiger partial charge in [-0.2, -0.15) is 0 Å². The summed E-state index contributed by atoms with van der Waals surface area (Å²) in [5.74, 6) is -1.18. The molecule has 1 saturated heterocycles. The number of carbonyl (C=O) groups is 2. The molecule has 21 heavy (non-hydrogen) atoms. The quantitative estimate of drug-likeness (QED) is 0.899. The van der Waals surface area contributed by atoms with Crippen LogP contribution in [0, 0.1) is 5.82 Å². The number of benzene rings is 1. The minimum Gasteiger partial charge on any atom is -0.362 e. The summed E-state index contributed by atoms with van der Waals surface area (Å²) in [5.41, 5.74) is -0.811. The first-order chi connectivity index (χ1) is 9.87. The monoisotopic (exact) mass is 314 g/mol. The average molecular weight is 315 g/mol. The molecule has 0 aromatic heterocycles. The molecule has 1 heterocycles. The molecule has 0 saturated carbocycles. The van der Waals surface area contributed by atoms with Crippen molar-refractivity contribution in [2.75, 3.05) is 26.7 Å². The summed E-state index contributed by atoms with van der Waals surface area (Å²) in [6.45, 7) is 2.37. The van der Waals surface area contributed by atoms with Crippen LogP contribution in [0.15, 0.2) is 18.2 Å². The van der Waals surface area contributed by atoms with Crippen molar-refractivity contribution in [1.29, 1.82) is 0 Å². The molecule has 1 aromatic rings. The number of rotatable bonds is 2. The molecular weight excluding hydrogens is 299 g/mol. The molecule has 5 nitrogen and oxygen atoms in total. The average Bonchev–Trinajstić information content (AvgIpc) is 2.48. The lowest BCUT2D eigenvalue weighted by molar-refractivity contribution is -0.153. The van der Waals surface area contributed by atoms with E-state index in [9.17, 15) is 14.0 Å². The van der Waals surface area contributed by atoms with Crippen molar-refractivity contribution in [3.05, 3.63) is 34.6 Å². The molecule has 2 amide bonds. The van der Waals surface area contributed by atoms with Gasteiger partial charge in [-0.1, -0.05) is 11.6 Å². The SMILES string of the molecule is CNC(=O)C1(C)CN(C(=O)c2ccc(F)c(Cl)c2)CCO1. The van der Waals surface area contributed by atoms with Gasteiger partial charge in [0.2, 0.25) is 0 Å². The van der Waals surface area contributed by atoms with Crippen LogP contribution in [-0.2, 0) is 9.53 Å². The van der Waals surface area contributed by atoms with E-state index in [-0.39, 0.29) is 35.6 Å². The van der Waals surface area contributed by atoms with Crippen LogP contribution in [0.2, 0.25) is 5.02 Å². The van der Waals surface area contributed by atoms with Crippen molar-refractivity contribution in [3.63, 3.8) is 0 Å². The van der Waals surface area contributed by atoms with Gasteiger partial charge in [-0.15, -0.1) is 0 Å². The number of halogens is 2. The standard InChI is InChI=1S/C14H16ClFN2O3/c1-14(13(20)17-2)8-18(5-6-21-14)12(19)9-3-4-11(16)10(15)7-9/h3-4,7H,5-6,8H2,1-2H3,(H,17,20). The maximum absolute atomic E-state index is 13.1. The first-order valence-corrected chi connectivity index (χ1v) is 6.85. The molecule has 114 valence electrons. The highest BCUT2D eigenvalue weighted by molar-refractivity contribution is 6.31. The number of hydrogen-bond acceptors (Lipinski definition) is 3. The first-order valence-electron chi connectivity index (χ1n) is 6.48. The molecule has 7 heteroatoms. The summed E-state index contributed by atoms with van der Waals surface area (Å²) in [6.07, 6.45) is 0. The Labute approximate surface area is 127 Å². The maximum atomic E-state index is 13.1. The highest BCUT2D eigenvalue weighted by Crippen LogP contribution is 2.22. The summed E-state index contributed by atoms with van der Waals surface area (Å²) in [7, 11) is 1.51. The Hall–Kier alpha value is -1.66. The smallest absolute Gasteiger partial charge is 0.254 e. The Balaban J connectivity index is 2.19. The largest absolute Gasteiger partial charge is 0.362 e. The summed E-state index contributed by atoms with van der Waals surface area (Å²) >= 11 is 5.69. The van der Waals surface area contributed by atoms with E-state index in [2.05, 4.69) is 5.32 Å². The topological polar surface area (TPSA) is 58.6 Å². The van der Waals surface area contributed by atoms with Gasteiger partial charge in [-0.25, -0.2) is 4.39 Å². The minimum atomic E-state index is -1.09. The van der Waals surface area contributed by atoms with E-state index < -0.39 is 11.4 Å². The van der Waals surface area contributed by atoms with Crippen LogP contribution in [0.4, 0.5) is 4.39 Å². The fourth-order valence-electron chi connectivity index (χ4n) is 2.26. The van der Waals surface area contributed by atoms with Crippen LogP contribution in [0.25, 0.3) is 0 Å². The molecule has 0 spiro atoms. The molecule has 0 radical (unpaired) electrons. The van der Waals surface area contributed by atoms with Gasteiger partial charge >= 0.3 is 0 Å². The van der Waals surface area contributed by atoms with Crippen molar-refractivity contribution in [2.45, 2.75) is 12.5 Å². The van der Waals surface area contributed by atoms with E-state index in [1.54, 1.807) is 6.92 Å². The number of carbonyl (C=O) groups excluding carboxylic acids is 2. The van der Waals surface area contributed by atoms with Gasteiger partial charge in [0, 0.05) is 19.2 Å². The fourth-order valence-corrected chi connectivity index (χ4v) is 2.44. The zero-order chi connectivity index (χ0) is 15.6. The van der Waals surface area contributed by atoms with E-state index in [4.69, 9.17) is 16.3 Å². The van der Waals surface area contributed by atoms with E-state index in [1.807, 2.05) is 0 Å². The molecular formula is C14H16ClFN2O3. The summed E-state index contributed by atoms with van der Waals surface area (Å²) < 4.78 is 18.6. The van der Waals surface area contributed by atoms with E-state index in [1.165, 1.54) is 24.1 Å². The Morgan fingerprint density at radius 2 is 2.19 bits per heavy atom. The van der Waals surface area contributed by atoms with Crippen LogP contribution in [0.3, 0.4) is 0 Å². The number of nitrogens with zero attached hydrogens (tertiary/aromatic N) is 1. The first kappa shape index (κ1) is 15.7. The van der Waals surface area contributed by atoms with Gasteiger partial charge in [-0.05, 0) is 25.1 Å². The molecule has 0 aliphatic carbocycles. The lowest BCUT2D eigenvalue weighted by Crippen LogP contribution is -2.58. The molecule has 1 atom stereocenters. The summed E-state index contributed by atoms with van der Waals surface area (Å²) in [5, 5.41) is 2.41. The van der Waals surface area contributed by atoms with E-state index in [0.717, 1.165) is 6.07 Å². The van der Waals surface area contributed by atoms with Crippen LogP contribution in [0.1, 0.15) is 17.3 Å². The predicted octanol–water partition coefficient (Wildman–Crippen LogP) is 1.46. The second kappa shape index (κ2) is 5.99. The number of likely N-dealkylation sites (N-methyl/N-ethyl adjacent to an activating group) is 1. The van der Waals surface area contributed by atoms with Gasteiger partial charge in [0.1, 0.15) is 5.82 Å². The molecule has 1 N–H and O–H groups in total. The zero-order valence-corrected chi connectivity index (χ0v) is 12.5. The third-order valence-corrected chi connectivity index (χ3v) is 3.73. The van der Waals surface area contributed by atoms with Gasteiger partial charge in [-0.3, -0.25) is 9.59 Å². The van der Waals surface area contributed by atoms with Crippen LogP contribution >= 0.6 is 11.6 Å². The fraction of sp³-hybridized carbons (Fsp3) is 0.429. The highest BCUT2D eigenvalue weighted by atomic mass is 35.5. The van der Waals surface area contributed by atoms with E-state index in [0.29, 0.717) is 6.54 Å². The van der Waals surface area contributed by atoms with Gasteiger partial charge in [0.05, 0.1) is 18.2 Å². The Morgan fingerprint density at radius 1 is 1.48 bits per heavy atom. The van der Waals surface area contributed by atoms with Gasteiger partial charge < -0.3 is 15.0 Å². The van der Waals surface area contributed by atoms with Gasteiger partial charge in [0.25, 0.3) is 11.8 Å². The zero-order valence-electron chi connectivity index (χ0n) is 11.8. The molecule has 1 aliphatic heterocycles. The maximum Gasteiger partial charge on any atom is 0.254 e. The number of amides is 2. The second-order valence-electron chi connectivity index (χ2n) is 5.01. The van der Waals surface area contributed by atoms with Crippen molar-refractivity contribution >= 4 is 23.4 Å². The summed E-state index contributed by atoms with van der Waals surface area (Å²) in [4.78, 5) is 25.8. The number of ether oxygens (including phenoxy) is 1. The molecule has 1 aromatic carbocycles. The molecule has 1 aliphatic rings. The lowest BCUT2D eigenvalue weighted by Gasteiger charge is -2.39. The second-order valence-corrected chi connectivity index (χ2v) is 5.42. The number of morpholine rings is 1. The third-order valence-electron chi connectivity index (χ3n) is 3.44. The molecule has 0 bridgehead atoms. The number of hydrogen-bond donors (Lipinski definition) is 1. The predicted molar refractivity (Wildman–Crippen MR) is 75.7 cm³/mol. The van der Waals surface area contributed by atoms with E-state index >= 15 is 0 Å². The van der Waals surface area contributed by atoms with Crippen LogP contribution in [-0.4, -0.2) is 49.1 Å². The van der Waals surface area contributed by atoms with Crippen molar-refractivity contribution in [3.8, 4) is 0 Å². The molecule has 2 rings (SSSR count). The van der Waals surface area contributed by atoms with Crippen molar-refractivity contribution in [1.82, 2.24) is 10.2 Å². The molecule has 1 unspecified atom stereocenters. The number of nitrogens with one attached hydrogen (secondary N) is 1. The lowest BCUT2D eigenvalue weighted by atomic mass is 10.0. The Kier molecular flexibility index (Phi) is 4.49. The van der Waals surface area contributed by atoms with Crippen molar-refractivity contribution < 1.29 is 18.7 Å². The highest BCUT2D eigenvalue weighted by Gasteiger charge is 2.40. The van der Waals surface area contributed by atoms with Gasteiger partial charge in [0.15, 0.2) is 5.60 Å². The minimum absolute atomic E-state index is 0.108.